The highest BCUT2D eigenvalue weighted by Crippen LogP contribution is 2.59. The average molecular weight is 352 g/mol. The van der Waals surface area contributed by atoms with Gasteiger partial charge in [-0.1, -0.05) is 49.8 Å². The van der Waals surface area contributed by atoms with Crippen molar-refractivity contribution in [1.29, 1.82) is 0 Å². The van der Waals surface area contributed by atoms with Crippen molar-refractivity contribution in [1.82, 2.24) is 0 Å². The molecule has 2 fully saturated rings. The Labute approximate surface area is 152 Å². The van der Waals surface area contributed by atoms with E-state index in [1.54, 1.807) is 5.57 Å². The van der Waals surface area contributed by atoms with Crippen LogP contribution in [0.2, 0.25) is 0 Å². The molecule has 0 aromatic heterocycles. The highest BCUT2D eigenvalue weighted by molar-refractivity contribution is 7.93. The van der Waals surface area contributed by atoms with Gasteiger partial charge in [-0.25, -0.2) is 0 Å². The summed E-state index contributed by atoms with van der Waals surface area (Å²) in [6.07, 6.45) is 11.2. The zero-order valence-electron chi connectivity index (χ0n) is 15.8. The molecule has 4 unspecified atom stereocenters. The van der Waals surface area contributed by atoms with Gasteiger partial charge >= 0.3 is 0 Å². The molecular weight excluding hydrogens is 317 g/mol. The van der Waals surface area contributed by atoms with E-state index < -0.39 is 0 Å². The molecule has 0 aliphatic heterocycles. The van der Waals surface area contributed by atoms with Gasteiger partial charge in [0, 0.05) is 23.9 Å². The first-order valence-electron chi connectivity index (χ1n) is 9.17. The summed E-state index contributed by atoms with van der Waals surface area (Å²) in [5.74, 6) is 2.36. The van der Waals surface area contributed by atoms with Crippen molar-refractivity contribution in [3.05, 3.63) is 36.0 Å². The Morgan fingerprint density at radius 3 is 2.50 bits per heavy atom. The molecule has 2 N–H and O–H groups in total. The average Bonchev–Trinajstić information content (AvgIpc) is 2.51. The quantitative estimate of drug-likeness (QED) is 0.566. The maximum absolute atomic E-state index is 10.2. The summed E-state index contributed by atoms with van der Waals surface area (Å²) in [6, 6.07) is 0. The van der Waals surface area contributed by atoms with Gasteiger partial charge in [0.15, 0.2) is 0 Å². The van der Waals surface area contributed by atoms with Gasteiger partial charge < -0.3 is 5.73 Å². The summed E-state index contributed by atoms with van der Waals surface area (Å²) in [5.41, 5.74) is 11.0. The molecule has 0 radical (unpaired) electrons. The van der Waals surface area contributed by atoms with Gasteiger partial charge in [0.25, 0.3) is 0 Å². The van der Waals surface area contributed by atoms with Gasteiger partial charge in [-0.3, -0.25) is 0 Å². The van der Waals surface area contributed by atoms with Gasteiger partial charge in [0.05, 0.1) is 0 Å². The molecule has 0 amide bonds. The molecule has 0 spiro atoms. The Morgan fingerprint density at radius 2 is 1.92 bits per heavy atom. The molecule has 2 saturated carbocycles. The van der Waals surface area contributed by atoms with E-state index in [-0.39, 0.29) is 23.1 Å². The predicted molar refractivity (Wildman–Crippen MR) is 106 cm³/mol. The second-order valence-electron chi connectivity index (χ2n) is 8.50. The van der Waals surface area contributed by atoms with E-state index in [1.165, 1.54) is 49.5 Å². The molecule has 0 aromatic carbocycles. The molecule has 1 nitrogen and oxygen atoms in total. The minimum absolute atomic E-state index is 0.155. The zero-order chi connectivity index (χ0) is 18.1. The van der Waals surface area contributed by atoms with Crippen molar-refractivity contribution in [3.8, 4) is 0 Å². The fraction of sp³-hybridized carbons (Fsp3) is 0.714. The maximum atomic E-state index is 10.2. The van der Waals surface area contributed by atoms with E-state index in [9.17, 15) is 3.89 Å². The van der Waals surface area contributed by atoms with Crippen LogP contribution < -0.4 is 5.73 Å². The van der Waals surface area contributed by atoms with Crippen molar-refractivity contribution >= 4 is 12.1 Å². The monoisotopic (exact) mass is 351 g/mol. The molecule has 0 aromatic rings. The van der Waals surface area contributed by atoms with E-state index in [0.717, 1.165) is 24.2 Å². The first-order chi connectivity index (χ1) is 11.2. The fourth-order valence-corrected chi connectivity index (χ4v) is 5.64. The summed E-state index contributed by atoms with van der Waals surface area (Å²) in [5, 5.41) is 0. The minimum Gasteiger partial charge on any atom is -0.321 e. The third kappa shape index (κ3) is 3.26. The van der Waals surface area contributed by atoms with Crippen LogP contribution in [0.25, 0.3) is 0 Å². The van der Waals surface area contributed by atoms with E-state index in [0.29, 0.717) is 0 Å². The molecule has 24 heavy (non-hydrogen) atoms. The maximum Gasteiger partial charge on any atom is 0.0418 e. The lowest BCUT2D eigenvalue weighted by Crippen LogP contribution is -2.62. The van der Waals surface area contributed by atoms with Crippen LogP contribution >= 0.6 is 12.1 Å². The normalized spacial score (nSPS) is 37.3. The zero-order valence-corrected chi connectivity index (χ0v) is 16.6. The highest BCUT2D eigenvalue weighted by Gasteiger charge is 2.55. The predicted octanol–water partition coefficient (Wildman–Crippen LogP) is 6.23. The molecule has 3 aliphatic carbocycles. The number of halogens is 1. The Bertz CT molecular complexity index is 536. The second-order valence-corrected chi connectivity index (χ2v) is 8.81. The molecule has 4 atom stereocenters. The number of rotatable bonds is 1. The Hall–Kier alpha value is -0.540. The lowest BCUT2D eigenvalue weighted by molar-refractivity contribution is -0.0283. The first kappa shape index (κ1) is 19.8. The molecule has 3 heteroatoms. The molecule has 3 rings (SSSR count). The summed E-state index contributed by atoms with van der Waals surface area (Å²) in [7, 11) is 0. The largest absolute Gasteiger partial charge is 0.321 e. The van der Waals surface area contributed by atoms with Crippen LogP contribution in [-0.4, -0.2) is 11.8 Å². The van der Waals surface area contributed by atoms with Gasteiger partial charge in [-0.05, 0) is 68.6 Å². The van der Waals surface area contributed by atoms with Gasteiger partial charge in [0.2, 0.25) is 0 Å². The Morgan fingerprint density at radius 1 is 1.29 bits per heavy atom. The third-order valence-electron chi connectivity index (χ3n) is 7.13. The number of hydrogen-bond acceptors (Lipinski definition) is 2. The van der Waals surface area contributed by atoms with Crippen LogP contribution in [0.5, 0.6) is 0 Å². The standard InChI is InChI=1S/C20H31N.CH3FS/c1-13(2)20(21)11-10-17-16-8-6-14(3)12-15(16)7-9-18(17)19(20,4)5;1-3-2/h12,16-18H,1,3,6-11,21H2,2,4-5H3;1H3. The topological polar surface area (TPSA) is 26.0 Å². The summed E-state index contributed by atoms with van der Waals surface area (Å²) in [4.78, 5) is 0. The highest BCUT2D eigenvalue weighted by atomic mass is 32.2. The molecule has 0 saturated heterocycles. The lowest BCUT2D eigenvalue weighted by Gasteiger charge is -2.60. The van der Waals surface area contributed by atoms with E-state index >= 15 is 0 Å². The van der Waals surface area contributed by atoms with Crippen molar-refractivity contribution in [2.45, 2.75) is 64.8 Å². The molecule has 0 bridgehead atoms. The van der Waals surface area contributed by atoms with Crippen molar-refractivity contribution in [2.24, 2.45) is 28.9 Å². The van der Waals surface area contributed by atoms with Crippen LogP contribution in [0.4, 0.5) is 3.89 Å². The van der Waals surface area contributed by atoms with Crippen LogP contribution in [-0.2, 0) is 0 Å². The molecule has 3 aliphatic rings. The molecule has 0 heterocycles. The van der Waals surface area contributed by atoms with Crippen LogP contribution in [0.15, 0.2) is 36.0 Å². The van der Waals surface area contributed by atoms with E-state index in [4.69, 9.17) is 5.73 Å². The Balaban J connectivity index is 0.000000647. The van der Waals surface area contributed by atoms with Crippen LogP contribution in [0.3, 0.4) is 0 Å². The summed E-state index contributed by atoms with van der Waals surface area (Å²) < 4.78 is 10.2. The van der Waals surface area contributed by atoms with Crippen LogP contribution in [0.1, 0.15) is 59.3 Å². The molecule has 136 valence electrons. The van der Waals surface area contributed by atoms with Crippen molar-refractivity contribution < 1.29 is 3.89 Å². The van der Waals surface area contributed by atoms with Gasteiger partial charge in [-0.2, -0.15) is 3.89 Å². The number of fused-ring (bicyclic) bond motifs is 3. The van der Waals surface area contributed by atoms with Crippen molar-refractivity contribution in [3.63, 3.8) is 0 Å². The smallest absolute Gasteiger partial charge is 0.0418 e. The fourth-order valence-electron chi connectivity index (χ4n) is 5.64. The second kappa shape index (κ2) is 7.37. The van der Waals surface area contributed by atoms with Crippen LogP contribution in [0, 0.1) is 23.2 Å². The SMILES string of the molecule is C=C1C=C2CCC3C(CCC(N)(C(=C)C)C3(C)C)C2CC1.CSF. The third-order valence-corrected chi connectivity index (χ3v) is 7.13. The summed E-state index contributed by atoms with van der Waals surface area (Å²) in [6.45, 7) is 15.3. The van der Waals surface area contributed by atoms with E-state index in [1.807, 2.05) is 0 Å². The van der Waals surface area contributed by atoms with E-state index in [2.05, 4.69) is 40.0 Å². The molecular formula is C21H34FNS. The Kier molecular flexibility index (Phi) is 6.08. The number of allylic oxidation sites excluding steroid dienone is 3. The minimum atomic E-state index is -0.187. The first-order valence-corrected chi connectivity index (χ1v) is 10.3. The number of nitrogens with two attached hydrogens (primary N) is 1. The number of hydrogen-bond donors (Lipinski definition) is 1. The van der Waals surface area contributed by atoms with Crippen molar-refractivity contribution in [2.75, 3.05) is 6.26 Å². The lowest BCUT2D eigenvalue weighted by atomic mass is 9.47. The van der Waals surface area contributed by atoms with Gasteiger partial charge in [0.1, 0.15) is 0 Å². The van der Waals surface area contributed by atoms with Gasteiger partial charge in [-0.15, -0.1) is 0 Å². The summed E-state index contributed by atoms with van der Waals surface area (Å²) >= 11 is 0.250.